The van der Waals surface area contributed by atoms with E-state index in [1.165, 1.54) is 66.8 Å². The van der Waals surface area contributed by atoms with Gasteiger partial charge < -0.3 is 0 Å². The minimum absolute atomic E-state index is 0.0244. The molecule has 0 saturated heterocycles. The molecule has 0 bridgehead atoms. The zero-order valence-corrected chi connectivity index (χ0v) is 34.5. The molecule has 0 N–H and O–H groups in total. The average molecular weight is 766 g/mol. The second kappa shape index (κ2) is 14.4. The molecule has 0 aliphatic heterocycles. The van der Waals surface area contributed by atoms with Crippen LogP contribution in [0.1, 0.15) is 85.0 Å². The summed E-state index contributed by atoms with van der Waals surface area (Å²) in [6.07, 6.45) is 9.26. The Hall–Kier alpha value is -4.45. The number of fused-ring (bicyclic) bond motifs is 3. The van der Waals surface area contributed by atoms with E-state index in [2.05, 4.69) is 205 Å². The van der Waals surface area contributed by atoms with Gasteiger partial charge in [0.05, 0.1) is 0 Å². The second-order valence-corrected chi connectivity index (χ2v) is 23.4. The molecule has 0 fully saturated rings. The molecule has 0 amide bonds. The third kappa shape index (κ3) is 7.02. The first kappa shape index (κ1) is 35.6. The molecule has 6 aromatic rings. The molecule has 0 radical (unpaired) electrons. The normalized spacial score (nSPS) is 14.5. The van der Waals surface area contributed by atoms with Gasteiger partial charge in [0.25, 0.3) is 0 Å². The molecule has 0 heterocycles. The van der Waals surface area contributed by atoms with Gasteiger partial charge in [0.2, 0.25) is 0 Å². The molecule has 0 aromatic heterocycles. The SMILES string of the molecule is CC(C)(C)c1cc2c(cc1-c1ccccc1)[CH]([Zr]([C]1=CC=CC1)=[C](Cc1ccccc1)c1ccccc1)c1cc(-c3ccccc3)c(C(C)(C)C)cc1-2. The van der Waals surface area contributed by atoms with Crippen molar-refractivity contribution in [2.75, 3.05) is 0 Å². The van der Waals surface area contributed by atoms with Crippen LogP contribution in [0.3, 0.4) is 0 Å². The van der Waals surface area contributed by atoms with Gasteiger partial charge in [-0.15, -0.1) is 0 Å². The maximum atomic E-state index is 2.64. The summed E-state index contributed by atoms with van der Waals surface area (Å²) >= 11 is -2.84. The Balaban J connectivity index is 1.52. The topological polar surface area (TPSA) is 0 Å². The molecule has 0 nitrogen and oxygen atoms in total. The summed E-state index contributed by atoms with van der Waals surface area (Å²) in [5.74, 6) is 0. The third-order valence-electron chi connectivity index (χ3n) is 11.2. The first-order valence-corrected chi connectivity index (χ1v) is 23.1. The summed E-state index contributed by atoms with van der Waals surface area (Å²) in [5, 5.41) is 0. The molecule has 8 rings (SSSR count). The summed E-state index contributed by atoms with van der Waals surface area (Å²) in [5.41, 5.74) is 16.9. The van der Waals surface area contributed by atoms with Crippen LogP contribution in [0.15, 0.2) is 167 Å². The minimum atomic E-state index is -2.84. The predicted octanol–water partition coefficient (Wildman–Crippen LogP) is 13.6. The Bertz CT molecular complexity index is 2260. The summed E-state index contributed by atoms with van der Waals surface area (Å²) in [4.78, 5) is 0. The van der Waals surface area contributed by atoms with E-state index in [4.69, 9.17) is 0 Å². The number of benzene rings is 6. The fraction of sp³-hybridized carbons (Fsp3) is 0.212. The van der Waals surface area contributed by atoms with Crippen LogP contribution in [0.5, 0.6) is 0 Å². The van der Waals surface area contributed by atoms with Crippen molar-refractivity contribution < 1.29 is 21.3 Å². The van der Waals surface area contributed by atoms with Crippen molar-refractivity contribution in [3.63, 3.8) is 0 Å². The molecule has 1 heteroatoms. The zero-order chi connectivity index (χ0) is 36.7. The summed E-state index contributed by atoms with van der Waals surface area (Å²) in [6.45, 7) is 14.3. The molecule has 0 saturated carbocycles. The van der Waals surface area contributed by atoms with E-state index in [1.54, 1.807) is 6.49 Å². The average Bonchev–Trinajstić information content (AvgIpc) is 3.81. The Morgan fingerprint density at radius 1 is 0.547 bits per heavy atom. The van der Waals surface area contributed by atoms with Crippen LogP contribution in [-0.4, -0.2) is 3.21 Å². The van der Waals surface area contributed by atoms with Crippen molar-refractivity contribution in [2.45, 2.75) is 68.8 Å². The first-order chi connectivity index (χ1) is 25.6. The molecule has 2 aliphatic rings. The van der Waals surface area contributed by atoms with Gasteiger partial charge in [-0.3, -0.25) is 0 Å². The van der Waals surface area contributed by atoms with Crippen molar-refractivity contribution >= 4 is 3.21 Å². The number of hydrogen-bond acceptors (Lipinski definition) is 0. The summed E-state index contributed by atoms with van der Waals surface area (Å²) in [6, 6.07) is 55.4. The number of rotatable bonds is 7. The van der Waals surface area contributed by atoms with Gasteiger partial charge in [-0.1, -0.05) is 0 Å². The molecule has 0 unspecified atom stereocenters. The van der Waals surface area contributed by atoms with Crippen LogP contribution in [-0.2, 0) is 38.5 Å². The molecule has 0 atom stereocenters. The van der Waals surface area contributed by atoms with Crippen LogP contribution < -0.4 is 0 Å². The van der Waals surface area contributed by atoms with E-state index < -0.39 is 21.3 Å². The predicted molar refractivity (Wildman–Crippen MR) is 225 cm³/mol. The van der Waals surface area contributed by atoms with E-state index in [0.29, 0.717) is 3.63 Å². The van der Waals surface area contributed by atoms with Crippen LogP contribution in [0.25, 0.3) is 33.4 Å². The Morgan fingerprint density at radius 2 is 1.00 bits per heavy atom. The number of allylic oxidation sites excluding steroid dienone is 4. The van der Waals surface area contributed by atoms with Crippen LogP contribution in [0.2, 0.25) is 0 Å². The van der Waals surface area contributed by atoms with Crippen molar-refractivity contribution in [2.24, 2.45) is 0 Å². The summed E-state index contributed by atoms with van der Waals surface area (Å²) < 4.78 is 3.70. The zero-order valence-electron chi connectivity index (χ0n) is 32.1. The first-order valence-electron chi connectivity index (χ1n) is 19.2. The van der Waals surface area contributed by atoms with E-state index in [1.807, 2.05) is 0 Å². The van der Waals surface area contributed by atoms with Gasteiger partial charge in [0, 0.05) is 0 Å². The van der Waals surface area contributed by atoms with Gasteiger partial charge in [-0.05, 0) is 0 Å². The van der Waals surface area contributed by atoms with Crippen LogP contribution in [0, 0.1) is 0 Å². The van der Waals surface area contributed by atoms with Crippen molar-refractivity contribution in [1.82, 2.24) is 0 Å². The monoisotopic (exact) mass is 764 g/mol. The number of hydrogen-bond donors (Lipinski definition) is 0. The van der Waals surface area contributed by atoms with E-state index in [9.17, 15) is 0 Å². The molecule has 6 aromatic carbocycles. The fourth-order valence-corrected chi connectivity index (χ4v) is 17.7. The van der Waals surface area contributed by atoms with Crippen molar-refractivity contribution in [1.29, 1.82) is 0 Å². The van der Waals surface area contributed by atoms with Gasteiger partial charge in [-0.2, -0.15) is 0 Å². The summed E-state index contributed by atoms with van der Waals surface area (Å²) in [7, 11) is 0. The molecule has 2 aliphatic carbocycles. The molecule has 53 heavy (non-hydrogen) atoms. The van der Waals surface area contributed by atoms with Gasteiger partial charge in [0.15, 0.2) is 0 Å². The van der Waals surface area contributed by atoms with Crippen molar-refractivity contribution in [3.8, 4) is 33.4 Å². The van der Waals surface area contributed by atoms with Gasteiger partial charge in [0.1, 0.15) is 0 Å². The molecular weight excluding hydrogens is 716 g/mol. The fourth-order valence-electron chi connectivity index (χ4n) is 8.60. The Labute approximate surface area is 325 Å². The molecule has 262 valence electrons. The second-order valence-electron chi connectivity index (χ2n) is 16.9. The maximum absolute atomic E-state index is 2.84. The standard InChI is InChI=1S/C33H33.C14H12.C5H5.Zr/c1-32(2,3)30-20-26-24(18-28(30)22-13-9-7-10-14-22)17-25-19-29(23-15-11-8-12-16-23)31(21-27(25)26)33(4,5)6;1-3-7-13(8-4-1)11-12-14-9-5-2-6-10-14;1-2-4-5-3-1;/h7-21H,1-6H3;1-10H,11H2;1-3H,4H2;. The van der Waals surface area contributed by atoms with Gasteiger partial charge >= 0.3 is 327 Å². The van der Waals surface area contributed by atoms with E-state index in [-0.39, 0.29) is 10.8 Å². The Morgan fingerprint density at radius 3 is 1.43 bits per heavy atom. The third-order valence-corrected chi connectivity index (χ3v) is 19.5. The van der Waals surface area contributed by atoms with E-state index in [0.717, 1.165) is 12.8 Å². The Kier molecular flexibility index (Phi) is 9.68. The van der Waals surface area contributed by atoms with Crippen LogP contribution in [0.4, 0.5) is 0 Å². The quantitative estimate of drug-likeness (QED) is 0.152. The van der Waals surface area contributed by atoms with Crippen molar-refractivity contribution in [3.05, 3.63) is 200 Å². The van der Waals surface area contributed by atoms with E-state index >= 15 is 0 Å². The molecule has 0 spiro atoms. The van der Waals surface area contributed by atoms with Crippen LogP contribution >= 0.6 is 0 Å². The van der Waals surface area contributed by atoms with Gasteiger partial charge in [-0.25, -0.2) is 0 Å². The molecular formula is C52H50Zr.